The minimum absolute atomic E-state index is 0.0826. The predicted octanol–water partition coefficient (Wildman–Crippen LogP) is 1.97. The van der Waals surface area contributed by atoms with Gasteiger partial charge in [-0.15, -0.1) is 0 Å². The zero-order valence-electron chi connectivity index (χ0n) is 11.7. The fourth-order valence-electron chi connectivity index (χ4n) is 2.69. The number of aromatic nitrogens is 2. The van der Waals surface area contributed by atoms with E-state index in [1.54, 1.807) is 13.1 Å². The maximum atomic E-state index is 13.5. The van der Waals surface area contributed by atoms with Gasteiger partial charge in [-0.25, -0.2) is 4.39 Å². The number of likely N-dealkylation sites (N-methyl/N-ethyl adjacent to an activating group) is 1. The first kappa shape index (κ1) is 13.7. The summed E-state index contributed by atoms with van der Waals surface area (Å²) in [6, 6.07) is 6.50. The van der Waals surface area contributed by atoms with Crippen molar-refractivity contribution in [3.63, 3.8) is 0 Å². The molecule has 2 aromatic rings. The van der Waals surface area contributed by atoms with Crippen LogP contribution >= 0.6 is 0 Å². The van der Waals surface area contributed by atoms with Gasteiger partial charge in [0.05, 0.1) is 11.8 Å². The summed E-state index contributed by atoms with van der Waals surface area (Å²) in [5.74, 6) is 0.380. The third kappa shape index (κ3) is 2.41. The van der Waals surface area contributed by atoms with Gasteiger partial charge in [0.25, 0.3) is 0 Å². The minimum Gasteiger partial charge on any atom is -0.359 e. The van der Waals surface area contributed by atoms with Crippen molar-refractivity contribution in [1.29, 1.82) is 0 Å². The van der Waals surface area contributed by atoms with Crippen molar-refractivity contribution in [2.45, 2.75) is 31.1 Å². The van der Waals surface area contributed by atoms with E-state index in [0.717, 1.165) is 24.8 Å². The molecule has 110 valence electrons. The standard InChI is InChI=1S/C15H16FN3O2/c1-17-13(20)9-12-18-14(21-19-12)15(6-3-7-15)10-4-2-5-11(16)8-10/h2,4-5,8H,3,6-7,9H2,1H3,(H,17,20). The van der Waals surface area contributed by atoms with Gasteiger partial charge in [0.1, 0.15) is 5.82 Å². The average molecular weight is 289 g/mol. The zero-order valence-corrected chi connectivity index (χ0v) is 11.7. The molecule has 1 aliphatic carbocycles. The van der Waals surface area contributed by atoms with E-state index in [2.05, 4.69) is 15.5 Å². The van der Waals surface area contributed by atoms with E-state index in [-0.39, 0.29) is 18.1 Å². The molecule has 1 aromatic carbocycles. The molecule has 5 nitrogen and oxygen atoms in total. The predicted molar refractivity (Wildman–Crippen MR) is 73.1 cm³/mol. The lowest BCUT2D eigenvalue weighted by atomic mass is 9.64. The molecule has 1 amide bonds. The maximum absolute atomic E-state index is 13.5. The number of halogens is 1. The van der Waals surface area contributed by atoms with Crippen LogP contribution < -0.4 is 5.32 Å². The molecule has 0 spiro atoms. The van der Waals surface area contributed by atoms with Crippen molar-refractivity contribution in [2.24, 2.45) is 0 Å². The van der Waals surface area contributed by atoms with Crippen molar-refractivity contribution >= 4 is 5.91 Å². The van der Waals surface area contributed by atoms with Gasteiger partial charge in [0.2, 0.25) is 11.8 Å². The Balaban J connectivity index is 1.91. The Bertz CT molecular complexity index is 664. The van der Waals surface area contributed by atoms with Crippen molar-refractivity contribution in [3.05, 3.63) is 47.4 Å². The Morgan fingerprint density at radius 3 is 2.90 bits per heavy atom. The van der Waals surface area contributed by atoms with Crippen LogP contribution in [0.2, 0.25) is 0 Å². The number of nitrogens with one attached hydrogen (secondary N) is 1. The van der Waals surface area contributed by atoms with E-state index in [1.165, 1.54) is 12.1 Å². The molecule has 1 N–H and O–H groups in total. The summed E-state index contributed by atoms with van der Waals surface area (Å²) in [7, 11) is 1.56. The van der Waals surface area contributed by atoms with Crippen LogP contribution in [0.1, 0.15) is 36.5 Å². The molecule has 6 heteroatoms. The Morgan fingerprint density at radius 2 is 2.29 bits per heavy atom. The van der Waals surface area contributed by atoms with Crippen LogP contribution in [0.5, 0.6) is 0 Å². The van der Waals surface area contributed by atoms with Gasteiger partial charge < -0.3 is 9.84 Å². The van der Waals surface area contributed by atoms with Gasteiger partial charge in [-0.3, -0.25) is 4.79 Å². The smallest absolute Gasteiger partial charge is 0.237 e. The first-order chi connectivity index (χ1) is 10.1. The van der Waals surface area contributed by atoms with Crippen LogP contribution in [0.25, 0.3) is 0 Å². The number of hydrogen-bond donors (Lipinski definition) is 1. The molecule has 21 heavy (non-hydrogen) atoms. The van der Waals surface area contributed by atoms with Gasteiger partial charge in [0.15, 0.2) is 5.82 Å². The van der Waals surface area contributed by atoms with E-state index >= 15 is 0 Å². The lowest BCUT2D eigenvalue weighted by molar-refractivity contribution is -0.120. The summed E-state index contributed by atoms with van der Waals surface area (Å²) in [5.41, 5.74) is 0.444. The number of benzene rings is 1. The SMILES string of the molecule is CNC(=O)Cc1noc(C2(c3cccc(F)c3)CCC2)n1. The topological polar surface area (TPSA) is 68.0 Å². The van der Waals surface area contributed by atoms with Crippen molar-refractivity contribution in [1.82, 2.24) is 15.5 Å². The number of carbonyl (C=O) groups excluding carboxylic acids is 1. The molecule has 0 saturated heterocycles. The quantitative estimate of drug-likeness (QED) is 0.934. The van der Waals surface area contributed by atoms with Gasteiger partial charge in [-0.05, 0) is 30.5 Å². The number of carbonyl (C=O) groups is 1. The van der Waals surface area contributed by atoms with E-state index < -0.39 is 5.41 Å². The summed E-state index contributed by atoms with van der Waals surface area (Å²) in [6.45, 7) is 0. The first-order valence-corrected chi connectivity index (χ1v) is 6.94. The molecular formula is C15H16FN3O2. The molecule has 0 aliphatic heterocycles. The fraction of sp³-hybridized carbons (Fsp3) is 0.400. The van der Waals surface area contributed by atoms with Crippen LogP contribution in [0.3, 0.4) is 0 Å². The molecule has 0 bridgehead atoms. The summed E-state index contributed by atoms with van der Waals surface area (Å²) in [6.07, 6.45) is 2.80. The van der Waals surface area contributed by atoms with E-state index in [0.29, 0.717) is 11.7 Å². The third-order valence-electron chi connectivity index (χ3n) is 4.06. The molecule has 1 aliphatic rings. The molecular weight excluding hydrogens is 273 g/mol. The highest BCUT2D eigenvalue weighted by Gasteiger charge is 2.45. The van der Waals surface area contributed by atoms with Crippen LogP contribution in [-0.2, 0) is 16.6 Å². The Kier molecular flexibility index (Phi) is 3.45. The van der Waals surface area contributed by atoms with Crippen LogP contribution in [-0.4, -0.2) is 23.1 Å². The van der Waals surface area contributed by atoms with Crippen molar-refractivity contribution in [3.8, 4) is 0 Å². The molecule has 0 radical (unpaired) electrons. The van der Waals surface area contributed by atoms with Gasteiger partial charge in [0, 0.05) is 7.05 Å². The Hall–Kier alpha value is -2.24. The molecule has 1 saturated carbocycles. The van der Waals surface area contributed by atoms with Gasteiger partial charge in [-0.1, -0.05) is 23.7 Å². The summed E-state index contributed by atoms with van der Waals surface area (Å²) >= 11 is 0. The largest absolute Gasteiger partial charge is 0.359 e. The number of hydrogen-bond acceptors (Lipinski definition) is 4. The van der Waals surface area contributed by atoms with Gasteiger partial charge in [-0.2, -0.15) is 4.98 Å². The average Bonchev–Trinajstić information content (AvgIpc) is 2.86. The minimum atomic E-state index is -0.407. The number of rotatable bonds is 4. The van der Waals surface area contributed by atoms with E-state index in [4.69, 9.17) is 4.52 Å². The van der Waals surface area contributed by atoms with E-state index in [9.17, 15) is 9.18 Å². The maximum Gasteiger partial charge on any atom is 0.237 e. The second-order valence-electron chi connectivity index (χ2n) is 5.31. The first-order valence-electron chi connectivity index (χ1n) is 6.94. The molecule has 3 rings (SSSR count). The molecule has 0 atom stereocenters. The second kappa shape index (κ2) is 5.27. The summed E-state index contributed by atoms with van der Waals surface area (Å²) in [5, 5.41) is 6.38. The second-order valence-corrected chi connectivity index (χ2v) is 5.31. The van der Waals surface area contributed by atoms with Gasteiger partial charge >= 0.3 is 0 Å². The van der Waals surface area contributed by atoms with Crippen LogP contribution in [0.15, 0.2) is 28.8 Å². The normalized spacial score (nSPS) is 16.3. The van der Waals surface area contributed by atoms with Crippen LogP contribution in [0, 0.1) is 5.82 Å². The zero-order chi connectivity index (χ0) is 14.9. The highest BCUT2D eigenvalue weighted by Crippen LogP contribution is 2.48. The molecule has 1 fully saturated rings. The fourth-order valence-corrected chi connectivity index (χ4v) is 2.69. The monoisotopic (exact) mass is 289 g/mol. The third-order valence-corrected chi connectivity index (χ3v) is 4.06. The van der Waals surface area contributed by atoms with Crippen LogP contribution in [0.4, 0.5) is 4.39 Å². The van der Waals surface area contributed by atoms with E-state index in [1.807, 2.05) is 6.07 Å². The van der Waals surface area contributed by atoms with Crippen molar-refractivity contribution in [2.75, 3.05) is 7.05 Å². The lowest BCUT2D eigenvalue weighted by Gasteiger charge is -2.38. The molecule has 0 unspecified atom stereocenters. The molecule has 1 heterocycles. The Morgan fingerprint density at radius 1 is 1.48 bits per heavy atom. The summed E-state index contributed by atoms with van der Waals surface area (Å²) in [4.78, 5) is 15.7. The highest BCUT2D eigenvalue weighted by molar-refractivity contribution is 5.77. The molecule has 1 aromatic heterocycles. The highest BCUT2D eigenvalue weighted by atomic mass is 19.1. The van der Waals surface area contributed by atoms with Crippen molar-refractivity contribution < 1.29 is 13.7 Å². The Labute approximate surface area is 121 Å². The number of nitrogens with zero attached hydrogens (tertiary/aromatic N) is 2. The summed E-state index contributed by atoms with van der Waals surface area (Å²) < 4.78 is 18.8. The lowest BCUT2D eigenvalue weighted by Crippen LogP contribution is -2.36. The number of amides is 1.